The van der Waals surface area contributed by atoms with E-state index >= 15 is 0 Å². The first kappa shape index (κ1) is 15.7. The van der Waals surface area contributed by atoms with Crippen LogP contribution in [0.5, 0.6) is 0 Å². The van der Waals surface area contributed by atoms with E-state index in [1.807, 2.05) is 42.9 Å². The summed E-state index contributed by atoms with van der Waals surface area (Å²) in [5, 5.41) is 7.10. The molecule has 2 aromatic rings. The average Bonchev–Trinajstić information content (AvgIpc) is 2.76. The predicted octanol–water partition coefficient (Wildman–Crippen LogP) is 3.38. The zero-order valence-electron chi connectivity index (χ0n) is 13.2. The summed E-state index contributed by atoms with van der Waals surface area (Å²) in [4.78, 5) is 12.8. The molecule has 114 valence electrons. The van der Waals surface area contributed by atoms with Crippen LogP contribution in [0.3, 0.4) is 0 Å². The number of rotatable bonds is 4. The number of H-pyrrole nitrogens is 1. The molecular formula is C15H22N4OS. The van der Waals surface area contributed by atoms with Crippen molar-refractivity contribution >= 4 is 12.2 Å². The van der Waals surface area contributed by atoms with Crippen molar-refractivity contribution in [2.24, 2.45) is 0 Å². The molecule has 0 fully saturated rings. The standard InChI is InChI=1S/C15H22N4OS/c1-6-7-18-11(5)8-10(4)12(14(18)20)13-16-17-15(21)19(13)9(2)3/h8-9H,6-7H2,1-5H3,(H,17,21). The second kappa shape index (κ2) is 5.97. The predicted molar refractivity (Wildman–Crippen MR) is 87.3 cm³/mol. The van der Waals surface area contributed by atoms with Gasteiger partial charge in [-0.25, -0.2) is 0 Å². The summed E-state index contributed by atoms with van der Waals surface area (Å²) in [5.41, 5.74) is 2.55. The smallest absolute Gasteiger partial charge is 0.262 e. The molecule has 2 aromatic heterocycles. The van der Waals surface area contributed by atoms with E-state index in [0.717, 1.165) is 17.7 Å². The first-order chi connectivity index (χ1) is 9.88. The lowest BCUT2D eigenvalue weighted by Gasteiger charge is -2.15. The molecule has 2 rings (SSSR count). The zero-order valence-corrected chi connectivity index (χ0v) is 14.0. The lowest BCUT2D eigenvalue weighted by atomic mass is 10.1. The fraction of sp³-hybridized carbons (Fsp3) is 0.533. The topological polar surface area (TPSA) is 55.6 Å². The van der Waals surface area contributed by atoms with Gasteiger partial charge in [-0.05, 0) is 58.0 Å². The number of hydrogen-bond donors (Lipinski definition) is 1. The van der Waals surface area contributed by atoms with E-state index in [1.54, 1.807) is 0 Å². The van der Waals surface area contributed by atoms with Gasteiger partial charge in [0.05, 0.1) is 5.56 Å². The summed E-state index contributed by atoms with van der Waals surface area (Å²) >= 11 is 5.28. The van der Waals surface area contributed by atoms with Gasteiger partial charge in [0, 0.05) is 18.3 Å². The van der Waals surface area contributed by atoms with E-state index in [9.17, 15) is 4.79 Å². The molecule has 0 amide bonds. The maximum Gasteiger partial charge on any atom is 0.262 e. The molecule has 0 radical (unpaired) electrons. The van der Waals surface area contributed by atoms with Crippen LogP contribution in [0.15, 0.2) is 10.9 Å². The minimum absolute atomic E-state index is 0.00486. The molecule has 2 heterocycles. The van der Waals surface area contributed by atoms with Crippen LogP contribution in [0, 0.1) is 18.6 Å². The Bertz CT molecular complexity index is 767. The molecule has 1 N–H and O–H groups in total. The highest BCUT2D eigenvalue weighted by Crippen LogP contribution is 2.22. The minimum atomic E-state index is 0.00486. The second-order valence-corrected chi connectivity index (χ2v) is 6.00. The van der Waals surface area contributed by atoms with Crippen LogP contribution in [-0.2, 0) is 6.54 Å². The normalized spacial score (nSPS) is 11.3. The lowest BCUT2D eigenvalue weighted by molar-refractivity contribution is 0.593. The number of nitrogens with zero attached hydrogens (tertiary/aromatic N) is 3. The quantitative estimate of drug-likeness (QED) is 0.881. The third-order valence-electron chi connectivity index (χ3n) is 3.60. The Morgan fingerprint density at radius 1 is 1.38 bits per heavy atom. The summed E-state index contributed by atoms with van der Waals surface area (Å²) < 4.78 is 4.25. The Kier molecular flexibility index (Phi) is 4.46. The molecule has 0 saturated heterocycles. The van der Waals surface area contributed by atoms with Crippen LogP contribution in [-0.4, -0.2) is 19.3 Å². The Balaban J connectivity index is 2.79. The number of aromatic amines is 1. The third-order valence-corrected chi connectivity index (χ3v) is 3.88. The van der Waals surface area contributed by atoms with Crippen molar-refractivity contribution in [3.63, 3.8) is 0 Å². The highest BCUT2D eigenvalue weighted by Gasteiger charge is 2.19. The number of aryl methyl sites for hydroxylation is 2. The van der Waals surface area contributed by atoms with Gasteiger partial charge in [0.15, 0.2) is 10.6 Å². The van der Waals surface area contributed by atoms with Gasteiger partial charge in [0.25, 0.3) is 5.56 Å². The van der Waals surface area contributed by atoms with Crippen LogP contribution in [0.2, 0.25) is 0 Å². The Morgan fingerprint density at radius 2 is 2.05 bits per heavy atom. The van der Waals surface area contributed by atoms with Crippen molar-refractivity contribution in [3.8, 4) is 11.4 Å². The Hall–Kier alpha value is -1.69. The van der Waals surface area contributed by atoms with Gasteiger partial charge in [0.2, 0.25) is 0 Å². The van der Waals surface area contributed by atoms with Crippen molar-refractivity contribution in [1.82, 2.24) is 19.3 Å². The van der Waals surface area contributed by atoms with Gasteiger partial charge in [-0.1, -0.05) is 6.92 Å². The van der Waals surface area contributed by atoms with E-state index in [0.29, 0.717) is 22.7 Å². The van der Waals surface area contributed by atoms with Gasteiger partial charge >= 0.3 is 0 Å². The maximum absolute atomic E-state index is 12.8. The van der Waals surface area contributed by atoms with Crippen LogP contribution in [0.4, 0.5) is 0 Å². The lowest BCUT2D eigenvalue weighted by Crippen LogP contribution is -2.26. The van der Waals surface area contributed by atoms with Gasteiger partial charge < -0.3 is 4.57 Å². The summed E-state index contributed by atoms with van der Waals surface area (Å²) in [6.07, 6.45) is 0.917. The summed E-state index contributed by atoms with van der Waals surface area (Å²) in [6, 6.07) is 2.18. The first-order valence-corrected chi connectivity index (χ1v) is 7.67. The zero-order chi connectivity index (χ0) is 15.7. The van der Waals surface area contributed by atoms with Gasteiger partial charge in [-0.15, -0.1) is 0 Å². The number of pyridine rings is 1. The average molecular weight is 306 g/mol. The number of aromatic nitrogens is 4. The van der Waals surface area contributed by atoms with E-state index in [-0.39, 0.29) is 11.6 Å². The van der Waals surface area contributed by atoms with Crippen molar-refractivity contribution in [2.75, 3.05) is 0 Å². The van der Waals surface area contributed by atoms with E-state index < -0.39 is 0 Å². The van der Waals surface area contributed by atoms with Crippen LogP contribution < -0.4 is 5.56 Å². The summed E-state index contributed by atoms with van der Waals surface area (Å²) in [6.45, 7) is 10.8. The fourth-order valence-electron chi connectivity index (χ4n) is 2.66. The molecule has 5 nitrogen and oxygen atoms in total. The van der Waals surface area contributed by atoms with Crippen molar-refractivity contribution in [2.45, 2.75) is 53.6 Å². The molecule has 0 aliphatic carbocycles. The highest BCUT2D eigenvalue weighted by molar-refractivity contribution is 7.71. The van der Waals surface area contributed by atoms with Gasteiger partial charge in [0.1, 0.15) is 0 Å². The van der Waals surface area contributed by atoms with Crippen LogP contribution in [0.1, 0.15) is 44.5 Å². The molecule has 0 saturated carbocycles. The molecule has 0 aromatic carbocycles. The van der Waals surface area contributed by atoms with E-state index in [4.69, 9.17) is 12.2 Å². The molecule has 0 aliphatic rings. The Labute approximate surface area is 129 Å². The molecule has 0 spiro atoms. The highest BCUT2D eigenvalue weighted by atomic mass is 32.1. The number of hydrogen-bond acceptors (Lipinski definition) is 3. The van der Waals surface area contributed by atoms with Crippen molar-refractivity contribution in [1.29, 1.82) is 0 Å². The van der Waals surface area contributed by atoms with Crippen LogP contribution in [0.25, 0.3) is 11.4 Å². The maximum atomic E-state index is 12.8. The van der Waals surface area contributed by atoms with Crippen molar-refractivity contribution in [3.05, 3.63) is 32.4 Å². The molecule has 6 heteroatoms. The minimum Gasteiger partial charge on any atom is -0.312 e. The van der Waals surface area contributed by atoms with Gasteiger partial charge in [-0.2, -0.15) is 5.10 Å². The van der Waals surface area contributed by atoms with Gasteiger partial charge in [-0.3, -0.25) is 14.5 Å². The van der Waals surface area contributed by atoms with E-state index in [1.165, 1.54) is 0 Å². The Morgan fingerprint density at radius 3 is 2.62 bits per heavy atom. The number of nitrogens with one attached hydrogen (secondary N) is 1. The monoisotopic (exact) mass is 306 g/mol. The first-order valence-electron chi connectivity index (χ1n) is 7.26. The SMILES string of the molecule is CCCn1c(C)cc(C)c(-c2n[nH]c(=S)n2C(C)C)c1=O. The second-order valence-electron chi connectivity index (χ2n) is 5.62. The molecule has 0 aliphatic heterocycles. The summed E-state index contributed by atoms with van der Waals surface area (Å²) in [5.74, 6) is 0.627. The third kappa shape index (κ3) is 2.72. The van der Waals surface area contributed by atoms with E-state index in [2.05, 4.69) is 17.1 Å². The fourth-order valence-corrected chi connectivity index (χ4v) is 3.00. The molecule has 0 atom stereocenters. The molecule has 0 unspecified atom stereocenters. The molecular weight excluding hydrogens is 284 g/mol. The van der Waals surface area contributed by atoms with Crippen LogP contribution >= 0.6 is 12.2 Å². The largest absolute Gasteiger partial charge is 0.312 e. The molecule has 0 bridgehead atoms. The molecule has 21 heavy (non-hydrogen) atoms. The summed E-state index contributed by atoms with van der Waals surface area (Å²) in [7, 11) is 0. The van der Waals surface area contributed by atoms with Crippen molar-refractivity contribution < 1.29 is 0 Å².